The highest BCUT2D eigenvalue weighted by Crippen LogP contribution is 2.39. The number of unbranched alkanes of at least 4 members (excludes halogenated alkanes) is 1. The Morgan fingerprint density at radius 1 is 1.38 bits per heavy atom. The molecule has 1 aliphatic carbocycles. The highest BCUT2D eigenvalue weighted by Gasteiger charge is 2.42. The molecule has 2 N–H and O–H groups in total. The van der Waals surface area contributed by atoms with Gasteiger partial charge in [0.25, 0.3) is 0 Å². The molecule has 0 bridgehead atoms. The molecule has 0 unspecified atom stereocenters. The molecule has 1 aliphatic heterocycles. The topological polar surface area (TPSA) is 66.8 Å². The second kappa shape index (κ2) is 10.9. The van der Waals surface area contributed by atoms with E-state index in [-0.39, 0.29) is 23.9 Å². The third-order valence-corrected chi connectivity index (χ3v) is 5.82. The minimum absolute atomic E-state index is 0.0446. The molecule has 0 aromatic rings. The first-order chi connectivity index (χ1) is 12.5. The SMILES string of the molecule is CCCC[C@H](C)C[C@H](O)/C=C/[C@@H]1[C@H]2CCCC/C=C/C(=O)O[C@H]2C[C@H]1O. The Bertz CT molecular complexity index is 485. The highest BCUT2D eigenvalue weighted by molar-refractivity contribution is 5.82. The first-order valence-corrected chi connectivity index (χ1v) is 10.4. The van der Waals surface area contributed by atoms with Gasteiger partial charge in [-0.25, -0.2) is 4.79 Å². The maximum absolute atomic E-state index is 11.9. The zero-order valence-corrected chi connectivity index (χ0v) is 16.3. The van der Waals surface area contributed by atoms with Gasteiger partial charge in [-0.05, 0) is 31.6 Å². The second-order valence-electron chi connectivity index (χ2n) is 8.14. The lowest BCUT2D eigenvalue weighted by Crippen LogP contribution is -2.25. The quantitative estimate of drug-likeness (QED) is 0.526. The average Bonchev–Trinajstić information content (AvgIpc) is 2.89. The minimum Gasteiger partial charge on any atom is -0.459 e. The van der Waals surface area contributed by atoms with Crippen molar-refractivity contribution in [2.45, 2.75) is 89.9 Å². The summed E-state index contributed by atoms with van der Waals surface area (Å²) < 4.78 is 5.58. The molecule has 0 aromatic heterocycles. The molecule has 0 radical (unpaired) electrons. The van der Waals surface area contributed by atoms with Crippen molar-refractivity contribution in [1.82, 2.24) is 0 Å². The summed E-state index contributed by atoms with van der Waals surface area (Å²) in [5, 5.41) is 20.8. The van der Waals surface area contributed by atoms with E-state index in [9.17, 15) is 15.0 Å². The Morgan fingerprint density at radius 3 is 2.96 bits per heavy atom. The number of allylic oxidation sites excluding steroid dienone is 1. The first-order valence-electron chi connectivity index (χ1n) is 10.4. The molecule has 4 heteroatoms. The van der Waals surface area contributed by atoms with E-state index >= 15 is 0 Å². The zero-order chi connectivity index (χ0) is 18.9. The van der Waals surface area contributed by atoms with Gasteiger partial charge in [0.15, 0.2) is 0 Å². The first kappa shape index (κ1) is 21.2. The number of aliphatic hydroxyl groups is 2. The van der Waals surface area contributed by atoms with E-state index in [1.54, 1.807) is 0 Å². The molecule has 0 spiro atoms. The van der Waals surface area contributed by atoms with Crippen molar-refractivity contribution in [3.8, 4) is 0 Å². The van der Waals surface area contributed by atoms with Crippen LogP contribution in [0.1, 0.15) is 71.6 Å². The fourth-order valence-corrected chi connectivity index (χ4v) is 4.32. The fraction of sp³-hybridized carbons (Fsp3) is 0.773. The Balaban J connectivity index is 1.96. The summed E-state index contributed by atoms with van der Waals surface area (Å²) >= 11 is 0. The predicted octanol–water partition coefficient (Wildman–Crippen LogP) is 4.16. The van der Waals surface area contributed by atoms with Gasteiger partial charge in [-0.15, -0.1) is 0 Å². The summed E-state index contributed by atoms with van der Waals surface area (Å²) in [7, 11) is 0. The van der Waals surface area contributed by atoms with E-state index in [1.807, 2.05) is 18.2 Å². The largest absolute Gasteiger partial charge is 0.459 e. The van der Waals surface area contributed by atoms with Gasteiger partial charge in [0, 0.05) is 24.3 Å². The molecule has 0 aromatic carbocycles. The van der Waals surface area contributed by atoms with Gasteiger partial charge in [-0.2, -0.15) is 0 Å². The third-order valence-electron chi connectivity index (χ3n) is 5.82. The monoisotopic (exact) mass is 364 g/mol. The third kappa shape index (κ3) is 6.55. The van der Waals surface area contributed by atoms with E-state index in [4.69, 9.17) is 4.74 Å². The van der Waals surface area contributed by atoms with Crippen molar-refractivity contribution < 1.29 is 19.7 Å². The molecular formula is C22H36O4. The summed E-state index contributed by atoms with van der Waals surface area (Å²) in [4.78, 5) is 11.9. The minimum atomic E-state index is -0.511. The van der Waals surface area contributed by atoms with E-state index in [1.165, 1.54) is 18.9 Å². The lowest BCUT2D eigenvalue weighted by atomic mass is 9.87. The van der Waals surface area contributed by atoms with Crippen molar-refractivity contribution in [3.05, 3.63) is 24.3 Å². The Kier molecular flexibility index (Phi) is 8.86. The summed E-state index contributed by atoms with van der Waals surface area (Å²) in [6, 6.07) is 0. The smallest absolute Gasteiger partial charge is 0.330 e. The van der Waals surface area contributed by atoms with Crippen LogP contribution in [-0.4, -0.2) is 34.5 Å². The molecule has 1 saturated carbocycles. The molecule has 2 rings (SSSR count). The molecule has 1 fully saturated rings. The Hall–Kier alpha value is -1.13. The van der Waals surface area contributed by atoms with Crippen LogP contribution in [0.4, 0.5) is 0 Å². The number of rotatable bonds is 7. The summed E-state index contributed by atoms with van der Waals surface area (Å²) in [5.74, 6) is 0.291. The lowest BCUT2D eigenvalue weighted by Gasteiger charge is -2.24. The van der Waals surface area contributed by atoms with Gasteiger partial charge in [0.05, 0.1) is 12.2 Å². The molecule has 0 amide bonds. The van der Waals surface area contributed by atoms with Crippen molar-refractivity contribution in [3.63, 3.8) is 0 Å². The van der Waals surface area contributed by atoms with E-state index < -0.39 is 12.2 Å². The van der Waals surface area contributed by atoms with Crippen LogP contribution in [0.25, 0.3) is 0 Å². The number of ether oxygens (including phenoxy) is 1. The molecule has 148 valence electrons. The van der Waals surface area contributed by atoms with Crippen LogP contribution in [0.3, 0.4) is 0 Å². The van der Waals surface area contributed by atoms with Crippen molar-refractivity contribution >= 4 is 5.97 Å². The Labute approximate surface area is 158 Å². The van der Waals surface area contributed by atoms with Crippen molar-refractivity contribution in [1.29, 1.82) is 0 Å². The van der Waals surface area contributed by atoms with Crippen LogP contribution in [0.2, 0.25) is 0 Å². The van der Waals surface area contributed by atoms with Gasteiger partial charge in [-0.1, -0.05) is 57.8 Å². The van der Waals surface area contributed by atoms with Gasteiger partial charge >= 0.3 is 5.97 Å². The van der Waals surface area contributed by atoms with E-state index in [2.05, 4.69) is 13.8 Å². The molecule has 0 saturated heterocycles. The van der Waals surface area contributed by atoms with Gasteiger partial charge in [0.2, 0.25) is 0 Å². The number of aliphatic hydroxyl groups excluding tert-OH is 2. The number of carbonyl (C=O) groups is 1. The van der Waals surface area contributed by atoms with Crippen molar-refractivity contribution in [2.24, 2.45) is 17.8 Å². The highest BCUT2D eigenvalue weighted by atomic mass is 16.5. The van der Waals surface area contributed by atoms with Gasteiger partial charge in [-0.3, -0.25) is 0 Å². The summed E-state index contributed by atoms with van der Waals surface area (Å²) in [6.45, 7) is 4.37. The average molecular weight is 365 g/mol. The normalized spacial score (nSPS) is 33.5. The summed E-state index contributed by atoms with van der Waals surface area (Å²) in [5.41, 5.74) is 0. The summed E-state index contributed by atoms with van der Waals surface area (Å²) in [6.07, 6.45) is 14.7. The lowest BCUT2D eigenvalue weighted by molar-refractivity contribution is -0.145. The number of hydrogen-bond donors (Lipinski definition) is 2. The Morgan fingerprint density at radius 2 is 2.19 bits per heavy atom. The van der Waals surface area contributed by atoms with Gasteiger partial charge < -0.3 is 14.9 Å². The molecule has 6 atom stereocenters. The van der Waals surface area contributed by atoms with E-state index in [0.717, 1.165) is 38.5 Å². The van der Waals surface area contributed by atoms with Crippen LogP contribution in [0.5, 0.6) is 0 Å². The molecule has 2 aliphatic rings. The van der Waals surface area contributed by atoms with Crippen LogP contribution >= 0.6 is 0 Å². The predicted molar refractivity (Wildman–Crippen MR) is 104 cm³/mol. The number of fused-ring (bicyclic) bond motifs is 1. The maximum Gasteiger partial charge on any atom is 0.330 e. The standard InChI is InChI=1S/C22H36O4/c1-3-4-9-16(2)14-17(23)12-13-18-19-10-7-5-6-8-11-22(25)26-21(19)15-20(18)24/h8,11-13,16-21,23-24H,3-7,9-10,14-15H2,1-2H3/b11-8+,13-12+/t16-,17+,18+,19+,20+,21-/m0/s1. The molecule has 4 nitrogen and oxygen atoms in total. The molecule has 26 heavy (non-hydrogen) atoms. The van der Waals surface area contributed by atoms with Crippen molar-refractivity contribution in [2.75, 3.05) is 0 Å². The van der Waals surface area contributed by atoms with Crippen LogP contribution in [0, 0.1) is 17.8 Å². The van der Waals surface area contributed by atoms with Gasteiger partial charge in [0.1, 0.15) is 6.10 Å². The second-order valence-corrected chi connectivity index (χ2v) is 8.14. The number of carbonyl (C=O) groups excluding carboxylic acids is 1. The van der Waals surface area contributed by atoms with Crippen LogP contribution in [0.15, 0.2) is 24.3 Å². The maximum atomic E-state index is 11.9. The zero-order valence-electron chi connectivity index (χ0n) is 16.3. The van der Waals surface area contributed by atoms with Crippen LogP contribution < -0.4 is 0 Å². The molecular weight excluding hydrogens is 328 g/mol. The fourth-order valence-electron chi connectivity index (χ4n) is 4.32. The number of esters is 1. The molecule has 1 heterocycles. The van der Waals surface area contributed by atoms with E-state index in [0.29, 0.717) is 12.3 Å². The number of hydrogen-bond acceptors (Lipinski definition) is 4. The van der Waals surface area contributed by atoms with Crippen LogP contribution in [-0.2, 0) is 9.53 Å².